The molecule has 2 amide bonds. The van der Waals surface area contributed by atoms with E-state index in [9.17, 15) is 9.59 Å². The van der Waals surface area contributed by atoms with Crippen LogP contribution in [0.2, 0.25) is 0 Å². The number of likely N-dealkylation sites (N-methyl/N-ethyl adjacent to an activating group) is 1. The van der Waals surface area contributed by atoms with Gasteiger partial charge in [-0.15, -0.1) is 0 Å². The molecule has 15 heavy (non-hydrogen) atoms. The SMILES string of the molecule is CCNC(=O)COCCOCCNC=O. The van der Waals surface area contributed by atoms with Crippen LogP contribution in [0, 0.1) is 0 Å². The van der Waals surface area contributed by atoms with Crippen molar-refractivity contribution in [1.82, 2.24) is 10.6 Å². The average Bonchev–Trinajstić information content (AvgIpc) is 2.22. The van der Waals surface area contributed by atoms with Crippen LogP contribution in [0.4, 0.5) is 0 Å². The molecule has 0 aliphatic rings. The largest absolute Gasteiger partial charge is 0.377 e. The van der Waals surface area contributed by atoms with Crippen molar-refractivity contribution in [2.45, 2.75) is 6.92 Å². The molecule has 0 spiro atoms. The molecule has 0 aliphatic carbocycles. The summed E-state index contributed by atoms with van der Waals surface area (Å²) >= 11 is 0. The second-order valence-corrected chi connectivity index (χ2v) is 2.69. The minimum atomic E-state index is -0.125. The molecule has 0 rings (SSSR count). The van der Waals surface area contributed by atoms with Gasteiger partial charge in [0.2, 0.25) is 12.3 Å². The van der Waals surface area contributed by atoms with Crippen LogP contribution in [-0.2, 0) is 19.1 Å². The average molecular weight is 218 g/mol. The summed E-state index contributed by atoms with van der Waals surface area (Å²) in [5.74, 6) is -0.125. The van der Waals surface area contributed by atoms with E-state index < -0.39 is 0 Å². The van der Waals surface area contributed by atoms with E-state index >= 15 is 0 Å². The molecule has 0 atom stereocenters. The Hall–Kier alpha value is -1.14. The smallest absolute Gasteiger partial charge is 0.245 e. The number of hydrogen-bond donors (Lipinski definition) is 2. The Balaban J connectivity index is 3.04. The maximum Gasteiger partial charge on any atom is 0.245 e. The van der Waals surface area contributed by atoms with E-state index in [1.165, 1.54) is 0 Å². The van der Waals surface area contributed by atoms with E-state index in [4.69, 9.17) is 9.47 Å². The van der Waals surface area contributed by atoms with Crippen molar-refractivity contribution in [2.24, 2.45) is 0 Å². The molecule has 0 bridgehead atoms. The van der Waals surface area contributed by atoms with Gasteiger partial charge in [-0.25, -0.2) is 0 Å². The van der Waals surface area contributed by atoms with Crippen LogP contribution in [0.3, 0.4) is 0 Å². The number of hydrogen-bond acceptors (Lipinski definition) is 4. The lowest BCUT2D eigenvalue weighted by molar-refractivity contribution is -0.126. The second-order valence-electron chi connectivity index (χ2n) is 2.69. The van der Waals surface area contributed by atoms with Gasteiger partial charge in [0.25, 0.3) is 0 Å². The van der Waals surface area contributed by atoms with Crippen LogP contribution in [0.25, 0.3) is 0 Å². The zero-order valence-electron chi connectivity index (χ0n) is 8.95. The number of nitrogens with one attached hydrogen (secondary N) is 2. The van der Waals surface area contributed by atoms with E-state index in [1.807, 2.05) is 6.92 Å². The summed E-state index contributed by atoms with van der Waals surface area (Å²) in [6.45, 7) is 4.24. The quantitative estimate of drug-likeness (QED) is 0.360. The summed E-state index contributed by atoms with van der Waals surface area (Å²) in [6, 6.07) is 0. The predicted molar refractivity (Wildman–Crippen MR) is 54.4 cm³/mol. The Morgan fingerprint density at radius 2 is 2.00 bits per heavy atom. The molecule has 0 unspecified atom stereocenters. The number of ether oxygens (including phenoxy) is 2. The van der Waals surface area contributed by atoms with E-state index in [2.05, 4.69) is 10.6 Å². The topological polar surface area (TPSA) is 76.7 Å². The first-order valence-corrected chi connectivity index (χ1v) is 4.90. The first-order chi connectivity index (χ1) is 7.31. The molecule has 0 heterocycles. The van der Waals surface area contributed by atoms with E-state index in [-0.39, 0.29) is 12.5 Å². The van der Waals surface area contributed by atoms with Gasteiger partial charge in [-0.3, -0.25) is 9.59 Å². The fraction of sp³-hybridized carbons (Fsp3) is 0.778. The van der Waals surface area contributed by atoms with Crippen molar-refractivity contribution in [3.8, 4) is 0 Å². The Bertz CT molecular complexity index is 175. The van der Waals surface area contributed by atoms with Crippen molar-refractivity contribution in [1.29, 1.82) is 0 Å². The molecule has 0 aromatic heterocycles. The van der Waals surface area contributed by atoms with E-state index in [0.29, 0.717) is 39.3 Å². The van der Waals surface area contributed by atoms with Crippen LogP contribution in [0.5, 0.6) is 0 Å². The third-order valence-electron chi connectivity index (χ3n) is 1.45. The Morgan fingerprint density at radius 3 is 2.67 bits per heavy atom. The molecule has 0 aromatic rings. The normalized spacial score (nSPS) is 9.67. The summed E-state index contributed by atoms with van der Waals surface area (Å²) in [5, 5.41) is 5.07. The fourth-order valence-electron chi connectivity index (χ4n) is 0.823. The summed E-state index contributed by atoms with van der Waals surface area (Å²) in [7, 11) is 0. The highest BCUT2D eigenvalue weighted by molar-refractivity contribution is 5.77. The Morgan fingerprint density at radius 1 is 1.27 bits per heavy atom. The molecule has 6 nitrogen and oxygen atoms in total. The van der Waals surface area contributed by atoms with Crippen molar-refractivity contribution in [2.75, 3.05) is 39.5 Å². The van der Waals surface area contributed by atoms with Gasteiger partial charge < -0.3 is 20.1 Å². The third kappa shape index (κ3) is 10.8. The monoisotopic (exact) mass is 218 g/mol. The minimum Gasteiger partial charge on any atom is -0.377 e. The van der Waals surface area contributed by atoms with Crippen molar-refractivity contribution >= 4 is 12.3 Å². The lowest BCUT2D eigenvalue weighted by Gasteiger charge is -2.05. The summed E-state index contributed by atoms with van der Waals surface area (Å²) < 4.78 is 10.1. The van der Waals surface area contributed by atoms with Gasteiger partial charge in [0.05, 0.1) is 19.8 Å². The predicted octanol–water partition coefficient (Wildman–Crippen LogP) is -1.10. The van der Waals surface area contributed by atoms with Crippen LogP contribution in [0.15, 0.2) is 0 Å². The summed E-state index contributed by atoms with van der Waals surface area (Å²) in [4.78, 5) is 20.7. The molecule has 0 saturated carbocycles. The maximum atomic E-state index is 10.9. The van der Waals surface area contributed by atoms with Crippen LogP contribution in [0.1, 0.15) is 6.92 Å². The van der Waals surface area contributed by atoms with Gasteiger partial charge in [-0.2, -0.15) is 0 Å². The van der Waals surface area contributed by atoms with Gasteiger partial charge in [0, 0.05) is 13.1 Å². The molecule has 2 N–H and O–H groups in total. The highest BCUT2D eigenvalue weighted by atomic mass is 16.5. The summed E-state index contributed by atoms with van der Waals surface area (Å²) in [6.07, 6.45) is 0.620. The molecule has 0 fully saturated rings. The third-order valence-corrected chi connectivity index (χ3v) is 1.45. The fourth-order valence-corrected chi connectivity index (χ4v) is 0.823. The van der Waals surface area contributed by atoms with Gasteiger partial charge >= 0.3 is 0 Å². The molecule has 88 valence electrons. The molecule has 0 aromatic carbocycles. The molecule has 0 radical (unpaired) electrons. The van der Waals surface area contributed by atoms with Gasteiger partial charge in [-0.1, -0.05) is 0 Å². The molecule has 0 aliphatic heterocycles. The Labute approximate surface area is 89.3 Å². The zero-order chi connectivity index (χ0) is 11.4. The first-order valence-electron chi connectivity index (χ1n) is 4.90. The molecular formula is C9H18N2O4. The molecular weight excluding hydrogens is 200 g/mol. The highest BCUT2D eigenvalue weighted by Crippen LogP contribution is 1.78. The van der Waals surface area contributed by atoms with Crippen LogP contribution in [-0.4, -0.2) is 51.8 Å². The number of amides is 2. The first kappa shape index (κ1) is 13.9. The van der Waals surface area contributed by atoms with Gasteiger partial charge in [-0.05, 0) is 6.92 Å². The number of rotatable bonds is 10. The van der Waals surface area contributed by atoms with Gasteiger partial charge in [0.1, 0.15) is 6.61 Å². The summed E-state index contributed by atoms with van der Waals surface area (Å²) in [5.41, 5.74) is 0. The lowest BCUT2D eigenvalue weighted by Crippen LogP contribution is -2.27. The lowest BCUT2D eigenvalue weighted by atomic mass is 10.6. The molecule has 0 saturated heterocycles. The van der Waals surface area contributed by atoms with Crippen LogP contribution < -0.4 is 10.6 Å². The minimum absolute atomic E-state index is 0.0593. The van der Waals surface area contributed by atoms with E-state index in [0.717, 1.165) is 0 Å². The van der Waals surface area contributed by atoms with Crippen LogP contribution >= 0.6 is 0 Å². The standard InChI is InChI=1S/C9H18N2O4/c1-2-11-9(13)7-15-6-5-14-4-3-10-8-12/h8H,2-7H2,1H3,(H,10,12)(H,11,13). The molecule has 6 heteroatoms. The van der Waals surface area contributed by atoms with E-state index in [1.54, 1.807) is 0 Å². The number of carbonyl (C=O) groups is 2. The Kier molecular flexibility index (Phi) is 10.1. The van der Waals surface area contributed by atoms with Crippen molar-refractivity contribution in [3.63, 3.8) is 0 Å². The maximum absolute atomic E-state index is 10.9. The van der Waals surface area contributed by atoms with Gasteiger partial charge in [0.15, 0.2) is 0 Å². The number of carbonyl (C=O) groups excluding carboxylic acids is 2. The second kappa shape index (κ2) is 10.9. The highest BCUT2D eigenvalue weighted by Gasteiger charge is 1.97. The van der Waals surface area contributed by atoms with Crippen molar-refractivity contribution in [3.05, 3.63) is 0 Å². The van der Waals surface area contributed by atoms with Crippen molar-refractivity contribution < 1.29 is 19.1 Å². The zero-order valence-corrected chi connectivity index (χ0v) is 8.95.